The maximum Gasteiger partial charge on any atom is 0.269 e. The van der Waals surface area contributed by atoms with Crippen molar-refractivity contribution < 1.29 is 21.8 Å². The number of nitro groups is 1. The van der Waals surface area contributed by atoms with Gasteiger partial charge in [-0.3, -0.25) is 10.1 Å². The van der Waals surface area contributed by atoms with E-state index in [2.05, 4.69) is 41.2 Å². The summed E-state index contributed by atoms with van der Waals surface area (Å²) in [4.78, 5) is 27.8. The van der Waals surface area contributed by atoms with Crippen molar-refractivity contribution in [2.45, 2.75) is 61.1 Å². The zero-order valence-electron chi connectivity index (χ0n) is 32.8. The third-order valence-corrected chi connectivity index (χ3v) is 13.6. The molecular weight excluding hydrogens is 852 g/mol. The van der Waals surface area contributed by atoms with Crippen LogP contribution in [0.15, 0.2) is 119 Å². The second-order valence-corrected chi connectivity index (χ2v) is 19.3. The number of rotatable bonds is 15. The van der Waals surface area contributed by atoms with Gasteiger partial charge in [-0.2, -0.15) is 9.97 Å². The Labute approximate surface area is 358 Å². The lowest BCUT2D eigenvalue weighted by Gasteiger charge is -2.15. The lowest BCUT2D eigenvalue weighted by molar-refractivity contribution is -0.384. The number of hydrogen-bond donors (Lipinski definition) is 5. The largest absolute Gasteiger partial charge is 0.399 e. The van der Waals surface area contributed by atoms with E-state index in [0.29, 0.717) is 40.9 Å². The van der Waals surface area contributed by atoms with Crippen LogP contribution >= 0.6 is 23.2 Å². The normalized spacial score (nSPS) is 11.4. The molecule has 0 aliphatic carbocycles. The number of aromatic nitrogens is 4. The van der Waals surface area contributed by atoms with Gasteiger partial charge in [0.15, 0.2) is 31.3 Å². The molecule has 0 spiro atoms. The number of benzene rings is 4. The number of sulfone groups is 2. The molecule has 0 amide bonds. The van der Waals surface area contributed by atoms with Gasteiger partial charge in [-0.05, 0) is 75.2 Å². The van der Waals surface area contributed by atoms with E-state index < -0.39 is 35.1 Å². The highest BCUT2D eigenvalue weighted by atomic mass is 35.5. The molecule has 4 aromatic carbocycles. The predicted molar refractivity (Wildman–Crippen MR) is 237 cm³/mol. The van der Waals surface area contributed by atoms with Gasteiger partial charge in [0.1, 0.15) is 10.0 Å². The monoisotopic (exact) mass is 892 g/mol. The van der Waals surface area contributed by atoms with Gasteiger partial charge >= 0.3 is 0 Å². The van der Waals surface area contributed by atoms with E-state index in [-0.39, 0.29) is 43.8 Å². The molecule has 0 unspecified atom stereocenters. The second-order valence-electron chi connectivity index (χ2n) is 13.6. The predicted octanol–water partition coefficient (Wildman–Crippen LogP) is 8.83. The molecule has 0 saturated carbocycles. The molecule has 2 heterocycles. The summed E-state index contributed by atoms with van der Waals surface area (Å²) in [7, 11) is -7.01. The zero-order valence-corrected chi connectivity index (χ0v) is 35.9. The number of anilines is 7. The van der Waals surface area contributed by atoms with Gasteiger partial charge in [0.25, 0.3) is 5.69 Å². The first-order valence-corrected chi connectivity index (χ1v) is 22.1. The number of nitrogens with zero attached hydrogens (tertiary/aromatic N) is 5. The lowest BCUT2D eigenvalue weighted by Crippen LogP contribution is -2.15. The molecule has 314 valence electrons. The Morgan fingerprint density at radius 2 is 1.08 bits per heavy atom. The van der Waals surface area contributed by atoms with Crippen LogP contribution in [0.3, 0.4) is 0 Å². The van der Waals surface area contributed by atoms with Gasteiger partial charge in [-0.1, -0.05) is 71.7 Å². The van der Waals surface area contributed by atoms with E-state index in [0.717, 1.165) is 5.56 Å². The van der Waals surface area contributed by atoms with Crippen molar-refractivity contribution in [1.82, 2.24) is 19.9 Å². The van der Waals surface area contributed by atoms with Crippen LogP contribution < -0.4 is 27.0 Å². The molecule has 20 heteroatoms. The smallest absolute Gasteiger partial charge is 0.269 e. The highest BCUT2D eigenvalue weighted by Crippen LogP contribution is 2.32. The zero-order chi connectivity index (χ0) is 43.6. The number of nitrogens with two attached hydrogens (primary N) is 1. The molecule has 6 aromatic rings. The molecule has 0 bridgehead atoms. The van der Waals surface area contributed by atoms with E-state index in [4.69, 9.17) is 28.9 Å². The Morgan fingerprint density at radius 3 is 1.52 bits per heavy atom. The summed E-state index contributed by atoms with van der Waals surface area (Å²) >= 11 is 12.4. The first kappa shape index (κ1) is 45.0. The summed E-state index contributed by atoms with van der Waals surface area (Å²) < 4.78 is 50.6. The summed E-state index contributed by atoms with van der Waals surface area (Å²) in [5.74, 6) is 1.11. The van der Waals surface area contributed by atoms with Gasteiger partial charge in [0.05, 0.1) is 49.0 Å². The maximum atomic E-state index is 12.7. The minimum Gasteiger partial charge on any atom is -0.399 e. The summed E-state index contributed by atoms with van der Waals surface area (Å²) in [5.41, 5.74) is 8.86. The number of hydrogen-bond acceptors (Lipinski definition) is 15. The number of halogens is 2. The Morgan fingerprint density at radius 1 is 0.650 bits per heavy atom. The Kier molecular flexibility index (Phi) is 14.8. The summed E-state index contributed by atoms with van der Waals surface area (Å²) in [6.07, 6.45) is 2.84. The number of nitrogens with one attached hydrogen (secondary N) is 4. The van der Waals surface area contributed by atoms with Crippen molar-refractivity contribution in [2.24, 2.45) is 0 Å². The highest BCUT2D eigenvalue weighted by molar-refractivity contribution is 7.92. The van der Waals surface area contributed by atoms with Crippen molar-refractivity contribution in [3.63, 3.8) is 0 Å². The van der Waals surface area contributed by atoms with Gasteiger partial charge in [0, 0.05) is 30.9 Å². The average Bonchev–Trinajstić information content (AvgIpc) is 3.22. The SMILES string of the molecule is CC(C)S(=O)(=O)c1ccccc1Nc1nc(NCc2cccc(N)c2)ncc1Cl.CC(C)S(=O)(=O)c1ccccc1Nc1nc(NCc2cccc([N+](=O)[O-])c2)ncc1Cl. The minimum absolute atomic E-state index is 0.0124. The van der Waals surface area contributed by atoms with Crippen LogP contribution in [0.4, 0.5) is 46.3 Å². The van der Waals surface area contributed by atoms with Crippen LogP contribution in [-0.2, 0) is 32.8 Å². The molecule has 60 heavy (non-hydrogen) atoms. The topological polar surface area (TPSA) is 237 Å². The summed E-state index contributed by atoms with van der Waals surface area (Å²) in [5, 5.41) is 22.3. The molecule has 16 nitrogen and oxygen atoms in total. The van der Waals surface area contributed by atoms with Crippen LogP contribution in [0.25, 0.3) is 0 Å². The van der Waals surface area contributed by atoms with Crippen molar-refractivity contribution in [1.29, 1.82) is 0 Å². The van der Waals surface area contributed by atoms with Gasteiger partial charge in [0.2, 0.25) is 11.9 Å². The molecule has 0 fully saturated rings. The third-order valence-electron chi connectivity index (χ3n) is 8.60. The summed E-state index contributed by atoms with van der Waals surface area (Å²) in [6.45, 7) is 7.23. The molecule has 0 atom stereocenters. The van der Waals surface area contributed by atoms with E-state index in [9.17, 15) is 26.9 Å². The van der Waals surface area contributed by atoms with Crippen LogP contribution in [0.5, 0.6) is 0 Å². The standard InChI is InChI=1S/C20H20ClN5O4S.C20H22ClN5O2S/c1-13(2)31(29,30)18-9-4-3-8-17(18)24-19-16(21)12-23-20(25-19)22-11-14-6-5-7-15(10-14)26(27)28;1-13(2)29(27,28)18-9-4-3-8-17(18)25-19-16(21)12-24-20(26-19)23-11-14-6-5-7-15(22)10-14/h3-10,12-13H,11H2,1-2H3,(H2,22,23,24,25);3-10,12-13H,11,22H2,1-2H3,(H2,23,24,25,26). The van der Waals surface area contributed by atoms with Gasteiger partial charge < -0.3 is 27.0 Å². The average molecular weight is 894 g/mol. The Hall–Kier alpha value is -6.08. The lowest BCUT2D eigenvalue weighted by atomic mass is 10.2. The van der Waals surface area contributed by atoms with Crippen LogP contribution in [0.2, 0.25) is 10.0 Å². The third kappa shape index (κ3) is 11.6. The molecule has 0 saturated heterocycles. The molecule has 0 aliphatic rings. The van der Waals surface area contributed by atoms with E-state index in [1.165, 1.54) is 30.6 Å². The van der Waals surface area contributed by atoms with Crippen LogP contribution in [0, 0.1) is 10.1 Å². The number of nitro benzene ring substituents is 1. The highest BCUT2D eigenvalue weighted by Gasteiger charge is 2.24. The molecule has 6 N–H and O–H groups in total. The fraction of sp³-hybridized carbons (Fsp3) is 0.200. The second kappa shape index (κ2) is 19.8. The summed E-state index contributed by atoms with van der Waals surface area (Å²) in [6, 6.07) is 26.8. The Balaban J connectivity index is 0.000000228. The first-order chi connectivity index (χ1) is 28.4. The van der Waals surface area contributed by atoms with E-state index in [1.54, 1.807) is 82.3 Å². The quantitative estimate of drug-likeness (QED) is 0.0368. The van der Waals surface area contributed by atoms with Gasteiger partial charge in [-0.25, -0.2) is 26.8 Å². The number of para-hydroxylation sites is 2. The number of nitrogen functional groups attached to an aromatic ring is 1. The fourth-order valence-corrected chi connectivity index (χ4v) is 8.00. The van der Waals surface area contributed by atoms with Crippen molar-refractivity contribution >= 4 is 89.2 Å². The molecule has 6 rings (SSSR count). The first-order valence-electron chi connectivity index (χ1n) is 18.3. The van der Waals surface area contributed by atoms with Crippen molar-refractivity contribution in [2.75, 3.05) is 27.0 Å². The van der Waals surface area contributed by atoms with Crippen molar-refractivity contribution in [3.05, 3.63) is 141 Å². The molecule has 0 radical (unpaired) electrons. The van der Waals surface area contributed by atoms with E-state index >= 15 is 0 Å². The molecule has 2 aromatic heterocycles. The van der Waals surface area contributed by atoms with Crippen molar-refractivity contribution in [3.8, 4) is 0 Å². The Bertz CT molecular complexity index is 2710. The van der Waals surface area contributed by atoms with E-state index in [1.807, 2.05) is 24.3 Å². The van der Waals surface area contributed by atoms with Gasteiger partial charge in [-0.15, -0.1) is 0 Å². The number of non-ortho nitro benzene ring substituents is 1. The molecule has 0 aliphatic heterocycles. The maximum absolute atomic E-state index is 12.7. The minimum atomic E-state index is -3.53. The molecular formula is C40H42Cl2N10O6S2. The van der Waals surface area contributed by atoms with Crippen LogP contribution in [-0.4, -0.2) is 52.2 Å². The van der Waals surface area contributed by atoms with Crippen LogP contribution in [0.1, 0.15) is 38.8 Å². The fourth-order valence-electron chi connectivity index (χ4n) is 5.32.